The van der Waals surface area contributed by atoms with Crippen molar-refractivity contribution >= 4 is 35.6 Å². The molecule has 0 spiro atoms. The van der Waals surface area contributed by atoms with Gasteiger partial charge in [0.05, 0.1) is 6.04 Å². The fraction of sp³-hybridized carbons (Fsp3) is 0.727. The highest BCUT2D eigenvalue weighted by Crippen LogP contribution is 2.09. The molecule has 206 valence electrons. The third-order valence-corrected chi connectivity index (χ3v) is 5.71. The smallest absolute Gasteiger partial charge is 0.326 e. The average molecular weight is 517 g/mol. The number of nitrogens with two attached hydrogens (primary N) is 3. The molecule has 0 fully saturated rings. The van der Waals surface area contributed by atoms with Crippen molar-refractivity contribution in [3.63, 3.8) is 0 Å². The summed E-state index contributed by atoms with van der Waals surface area (Å²) in [6.45, 7) is 4.01. The maximum absolute atomic E-state index is 13.0. The van der Waals surface area contributed by atoms with Gasteiger partial charge >= 0.3 is 11.9 Å². The van der Waals surface area contributed by atoms with E-state index in [2.05, 4.69) is 16.0 Å². The zero-order valence-electron chi connectivity index (χ0n) is 20.8. The number of carbonyl (C=O) groups excluding carboxylic acids is 4. The van der Waals surface area contributed by atoms with Crippen molar-refractivity contribution in [2.75, 3.05) is 6.54 Å². The first-order valence-electron chi connectivity index (χ1n) is 11.9. The van der Waals surface area contributed by atoms with Crippen LogP contribution < -0.4 is 33.2 Å². The van der Waals surface area contributed by atoms with Crippen LogP contribution in [0.2, 0.25) is 0 Å². The molecule has 0 aliphatic rings. The minimum atomic E-state index is -1.48. The molecular weight excluding hydrogens is 476 g/mol. The van der Waals surface area contributed by atoms with E-state index in [4.69, 9.17) is 22.3 Å². The fourth-order valence-electron chi connectivity index (χ4n) is 3.17. The minimum Gasteiger partial charge on any atom is -0.481 e. The van der Waals surface area contributed by atoms with Gasteiger partial charge in [0.15, 0.2) is 0 Å². The summed E-state index contributed by atoms with van der Waals surface area (Å²) in [6.07, 6.45) is 0.428. The Balaban J connectivity index is 5.63. The van der Waals surface area contributed by atoms with Crippen molar-refractivity contribution in [3.8, 4) is 0 Å². The number of carboxylic acid groups (broad SMARTS) is 2. The summed E-state index contributed by atoms with van der Waals surface area (Å²) in [5, 5.41) is 25.5. The normalized spacial score (nSPS) is 15.0. The van der Waals surface area contributed by atoms with Crippen LogP contribution in [-0.4, -0.2) is 76.5 Å². The summed E-state index contributed by atoms with van der Waals surface area (Å²) in [7, 11) is 0. The molecule has 5 atom stereocenters. The third-order valence-electron chi connectivity index (χ3n) is 5.71. The zero-order chi connectivity index (χ0) is 27.8. The number of unbranched alkanes of at least 4 members (excludes halogenated alkanes) is 1. The molecule has 14 nitrogen and oxygen atoms in total. The fourth-order valence-corrected chi connectivity index (χ4v) is 3.17. The van der Waals surface area contributed by atoms with Crippen molar-refractivity contribution in [1.82, 2.24) is 16.0 Å². The molecule has 0 heterocycles. The molecule has 36 heavy (non-hydrogen) atoms. The summed E-state index contributed by atoms with van der Waals surface area (Å²) < 4.78 is 0. The number of amides is 4. The molecule has 5 unspecified atom stereocenters. The van der Waals surface area contributed by atoms with Crippen LogP contribution in [0.1, 0.15) is 65.2 Å². The van der Waals surface area contributed by atoms with Gasteiger partial charge < -0.3 is 43.4 Å². The number of primary amides is 1. The molecule has 0 rings (SSSR count). The molecule has 0 aliphatic heterocycles. The van der Waals surface area contributed by atoms with E-state index >= 15 is 0 Å². The molecule has 0 aromatic heterocycles. The van der Waals surface area contributed by atoms with Crippen LogP contribution in [0, 0.1) is 5.92 Å². The Morgan fingerprint density at radius 2 is 1.28 bits per heavy atom. The summed E-state index contributed by atoms with van der Waals surface area (Å²) in [6, 6.07) is -4.85. The van der Waals surface area contributed by atoms with Gasteiger partial charge in [0.1, 0.15) is 18.1 Å². The van der Waals surface area contributed by atoms with Gasteiger partial charge in [-0.1, -0.05) is 20.3 Å². The number of hydrogen-bond donors (Lipinski definition) is 8. The van der Waals surface area contributed by atoms with Gasteiger partial charge in [-0.25, -0.2) is 4.79 Å². The van der Waals surface area contributed by atoms with E-state index in [1.54, 1.807) is 6.92 Å². The topological polar surface area (TPSA) is 257 Å². The van der Waals surface area contributed by atoms with Crippen LogP contribution in [0.4, 0.5) is 0 Å². The number of hydrogen-bond acceptors (Lipinski definition) is 8. The Labute approximate surface area is 210 Å². The lowest BCUT2D eigenvalue weighted by Crippen LogP contribution is -2.57. The highest BCUT2D eigenvalue weighted by molar-refractivity contribution is 5.94. The molecule has 0 radical (unpaired) electrons. The largest absolute Gasteiger partial charge is 0.481 e. The lowest BCUT2D eigenvalue weighted by Gasteiger charge is -2.26. The standard InChI is InChI=1S/C22H40N6O8/c1-3-12(2)18(25)21(34)27-13(6-4-5-11-23)19(32)26-14(8-10-17(30)31)20(33)28-15(22(35)36)7-9-16(24)29/h12-15,18H,3-11,23,25H2,1-2H3,(H2,24,29)(H,26,32)(H,27,34)(H,28,33)(H,30,31)(H,35,36). The predicted molar refractivity (Wildman–Crippen MR) is 129 cm³/mol. The Morgan fingerprint density at radius 1 is 0.778 bits per heavy atom. The van der Waals surface area contributed by atoms with Crippen LogP contribution in [0.5, 0.6) is 0 Å². The van der Waals surface area contributed by atoms with Gasteiger partial charge in [0, 0.05) is 12.8 Å². The summed E-state index contributed by atoms with van der Waals surface area (Å²) in [5.74, 6) is -5.85. The monoisotopic (exact) mass is 516 g/mol. The van der Waals surface area contributed by atoms with E-state index in [1.165, 1.54) is 0 Å². The highest BCUT2D eigenvalue weighted by atomic mass is 16.4. The second-order valence-electron chi connectivity index (χ2n) is 8.65. The van der Waals surface area contributed by atoms with Crippen molar-refractivity contribution < 1.29 is 39.0 Å². The summed E-state index contributed by atoms with van der Waals surface area (Å²) >= 11 is 0. The van der Waals surface area contributed by atoms with Crippen molar-refractivity contribution in [2.24, 2.45) is 23.1 Å². The molecule has 0 aliphatic carbocycles. The van der Waals surface area contributed by atoms with E-state index in [-0.39, 0.29) is 31.6 Å². The van der Waals surface area contributed by atoms with Crippen LogP contribution in [0.3, 0.4) is 0 Å². The highest BCUT2D eigenvalue weighted by Gasteiger charge is 2.31. The van der Waals surface area contributed by atoms with Crippen molar-refractivity contribution in [2.45, 2.75) is 89.4 Å². The second-order valence-corrected chi connectivity index (χ2v) is 8.65. The SMILES string of the molecule is CCC(C)C(N)C(=O)NC(CCCCN)C(=O)NC(CCC(=O)O)C(=O)NC(CCC(N)=O)C(=O)O. The van der Waals surface area contributed by atoms with Gasteiger partial charge in [-0.2, -0.15) is 0 Å². The Hall–Kier alpha value is -3.26. The van der Waals surface area contributed by atoms with Crippen LogP contribution >= 0.6 is 0 Å². The molecule has 4 amide bonds. The summed E-state index contributed by atoms with van der Waals surface area (Å²) in [5.41, 5.74) is 16.5. The molecule has 0 aromatic rings. The summed E-state index contributed by atoms with van der Waals surface area (Å²) in [4.78, 5) is 71.9. The van der Waals surface area contributed by atoms with E-state index in [0.29, 0.717) is 25.8 Å². The maximum atomic E-state index is 13.0. The zero-order valence-corrected chi connectivity index (χ0v) is 20.8. The number of carbonyl (C=O) groups is 6. The van der Waals surface area contributed by atoms with Crippen LogP contribution in [0.25, 0.3) is 0 Å². The Kier molecular flexibility index (Phi) is 15.7. The molecular formula is C22H40N6O8. The van der Waals surface area contributed by atoms with Gasteiger partial charge in [0.2, 0.25) is 23.6 Å². The molecule has 11 N–H and O–H groups in total. The molecule has 0 saturated heterocycles. The number of aliphatic carboxylic acids is 2. The minimum absolute atomic E-state index is 0.153. The third kappa shape index (κ3) is 13.0. The first kappa shape index (κ1) is 32.7. The second kappa shape index (κ2) is 17.2. The number of rotatable bonds is 19. The average Bonchev–Trinajstić information content (AvgIpc) is 2.81. The lowest BCUT2D eigenvalue weighted by molar-refractivity contribution is -0.143. The molecule has 14 heteroatoms. The number of carboxylic acids is 2. The van der Waals surface area contributed by atoms with E-state index < -0.39 is 66.2 Å². The molecule has 0 saturated carbocycles. The van der Waals surface area contributed by atoms with Gasteiger partial charge in [-0.3, -0.25) is 24.0 Å². The van der Waals surface area contributed by atoms with Gasteiger partial charge in [0.25, 0.3) is 0 Å². The lowest BCUT2D eigenvalue weighted by atomic mass is 9.98. The van der Waals surface area contributed by atoms with Crippen molar-refractivity contribution in [1.29, 1.82) is 0 Å². The predicted octanol–water partition coefficient (Wildman–Crippen LogP) is -1.84. The quantitative estimate of drug-likeness (QED) is 0.0889. The van der Waals surface area contributed by atoms with Crippen LogP contribution in [-0.2, 0) is 28.8 Å². The maximum Gasteiger partial charge on any atom is 0.326 e. The van der Waals surface area contributed by atoms with E-state index in [1.807, 2.05) is 6.92 Å². The van der Waals surface area contributed by atoms with Gasteiger partial charge in [-0.15, -0.1) is 0 Å². The van der Waals surface area contributed by atoms with Gasteiger partial charge in [-0.05, 0) is 44.6 Å². The van der Waals surface area contributed by atoms with E-state index in [9.17, 15) is 33.9 Å². The van der Waals surface area contributed by atoms with E-state index in [0.717, 1.165) is 0 Å². The number of nitrogens with one attached hydrogen (secondary N) is 3. The first-order valence-corrected chi connectivity index (χ1v) is 11.9. The Morgan fingerprint density at radius 3 is 1.75 bits per heavy atom. The Bertz CT molecular complexity index is 778. The first-order chi connectivity index (χ1) is 16.8. The van der Waals surface area contributed by atoms with Crippen molar-refractivity contribution in [3.05, 3.63) is 0 Å². The van der Waals surface area contributed by atoms with Crippen LogP contribution in [0.15, 0.2) is 0 Å². The molecule has 0 aromatic carbocycles. The molecule has 0 bridgehead atoms.